The first-order valence-corrected chi connectivity index (χ1v) is 13.4. The van der Waals surface area contributed by atoms with Gasteiger partial charge >= 0.3 is 0 Å². The van der Waals surface area contributed by atoms with Crippen molar-refractivity contribution in [1.82, 2.24) is 0 Å². The first-order chi connectivity index (χ1) is 20.4. The van der Waals surface area contributed by atoms with Crippen LogP contribution in [0.15, 0.2) is 30.3 Å². The van der Waals surface area contributed by atoms with Crippen LogP contribution in [-0.2, 0) is 20.6 Å². The van der Waals surface area contributed by atoms with Crippen molar-refractivity contribution in [2.24, 2.45) is 0 Å². The minimum Gasteiger partial charge on any atom is -0.508 e. The van der Waals surface area contributed by atoms with Gasteiger partial charge in [-0.05, 0) is 17.7 Å². The summed E-state index contributed by atoms with van der Waals surface area (Å²) < 4.78 is 27.9. The van der Waals surface area contributed by atoms with E-state index < -0.39 is 92.6 Å². The molecule has 2 fully saturated rings. The lowest BCUT2D eigenvalue weighted by atomic mass is 9.94. The van der Waals surface area contributed by atoms with Gasteiger partial charge in [-0.2, -0.15) is 0 Å². The maximum Gasteiger partial charge on any atom is 0.229 e. The fourth-order valence-corrected chi connectivity index (χ4v) is 5.33. The third-order valence-corrected chi connectivity index (χ3v) is 7.70. The van der Waals surface area contributed by atoms with E-state index in [1.165, 1.54) is 24.3 Å². The van der Waals surface area contributed by atoms with Crippen molar-refractivity contribution in [3.63, 3.8) is 0 Å². The highest BCUT2D eigenvalue weighted by Crippen LogP contribution is 2.43. The topological polar surface area (TPSA) is 269 Å². The third kappa shape index (κ3) is 6.04. The molecule has 43 heavy (non-hydrogen) atoms. The number of fused-ring (bicyclic) bond motifs is 1. The fourth-order valence-electron chi connectivity index (χ4n) is 5.33. The highest BCUT2D eigenvalue weighted by Gasteiger charge is 2.51. The fraction of sp³-hybridized carbons (Fsp3) is 0.556. The maximum atomic E-state index is 10.8. The zero-order valence-electron chi connectivity index (χ0n) is 22.4. The van der Waals surface area contributed by atoms with Crippen molar-refractivity contribution in [3.8, 4) is 28.7 Å². The molecule has 2 aromatic rings. The zero-order valence-corrected chi connectivity index (χ0v) is 22.4. The summed E-state index contributed by atoms with van der Waals surface area (Å²) in [5, 5.41) is 112. The average Bonchev–Trinajstić information content (AvgIpc) is 2.98. The van der Waals surface area contributed by atoms with E-state index in [-0.39, 0.29) is 29.4 Å². The molecule has 238 valence electrons. The van der Waals surface area contributed by atoms with E-state index in [2.05, 4.69) is 0 Å². The molecule has 0 aromatic heterocycles. The summed E-state index contributed by atoms with van der Waals surface area (Å²) >= 11 is 0. The summed E-state index contributed by atoms with van der Waals surface area (Å²) in [5.74, 6) is -1.06. The van der Waals surface area contributed by atoms with Crippen LogP contribution in [0, 0.1) is 0 Å². The summed E-state index contributed by atoms with van der Waals surface area (Å²) in [6.45, 7) is -1.53. The van der Waals surface area contributed by atoms with Gasteiger partial charge in [0.1, 0.15) is 72.2 Å². The normalized spacial score (nSPS) is 37.8. The number of aliphatic hydroxyl groups is 8. The molecule has 0 bridgehead atoms. The molecule has 2 saturated heterocycles. The van der Waals surface area contributed by atoms with Crippen LogP contribution in [0.3, 0.4) is 0 Å². The molecule has 0 radical (unpaired) electrons. The van der Waals surface area contributed by atoms with Crippen LogP contribution in [0.25, 0.3) is 0 Å². The van der Waals surface area contributed by atoms with Crippen LogP contribution in [-0.4, -0.2) is 137 Å². The molecule has 3 heterocycles. The van der Waals surface area contributed by atoms with E-state index in [1.54, 1.807) is 0 Å². The predicted octanol–water partition coefficient (Wildman–Crippen LogP) is -3.16. The van der Waals surface area contributed by atoms with Crippen molar-refractivity contribution in [2.75, 3.05) is 13.2 Å². The first kappa shape index (κ1) is 31.4. The molecule has 3 aliphatic rings. The van der Waals surface area contributed by atoms with E-state index in [9.17, 15) is 56.2 Å². The number of benzene rings is 2. The molecule has 16 heteroatoms. The lowest BCUT2D eigenvalue weighted by Gasteiger charge is -2.45. The second-order valence-electron chi connectivity index (χ2n) is 10.6. The quantitative estimate of drug-likeness (QED) is 0.147. The van der Waals surface area contributed by atoms with E-state index in [1.807, 2.05) is 0 Å². The molecule has 2 aromatic carbocycles. The molecule has 0 aliphatic carbocycles. The molecule has 0 amide bonds. The maximum absolute atomic E-state index is 10.8. The standard InChI is InChI=1S/C27H34O16/c28-7-17-19(34)20(35)22(37)27(41-17)43-25-18(8-29)42-26(23(38)21(25)36)40-16-3-9(1-2-12(16)31)24-14(33)6-11-13(32)4-10(30)5-15(11)39-24/h1-5,14,17-38H,6-8H2/t14-,17+,18+,19+,20-,21+,22+,23+,24+,25+,26+,27-/m0/s1. The summed E-state index contributed by atoms with van der Waals surface area (Å²) in [7, 11) is 0. The van der Waals surface area contributed by atoms with Crippen LogP contribution in [0.1, 0.15) is 17.2 Å². The number of ether oxygens (including phenoxy) is 5. The molecule has 12 atom stereocenters. The Morgan fingerprint density at radius 2 is 1.40 bits per heavy atom. The average molecular weight is 615 g/mol. The van der Waals surface area contributed by atoms with E-state index >= 15 is 0 Å². The Hall–Kier alpha value is -3.00. The number of phenolic OH excluding ortho intramolecular Hbond substituents is 3. The van der Waals surface area contributed by atoms with Crippen LogP contribution < -0.4 is 9.47 Å². The molecule has 0 spiro atoms. The second kappa shape index (κ2) is 12.5. The van der Waals surface area contributed by atoms with E-state index in [0.29, 0.717) is 11.1 Å². The monoisotopic (exact) mass is 614 g/mol. The number of phenols is 3. The molecule has 0 unspecified atom stereocenters. The lowest BCUT2D eigenvalue weighted by Crippen LogP contribution is -2.65. The van der Waals surface area contributed by atoms with Crippen molar-refractivity contribution in [2.45, 2.75) is 80.0 Å². The minimum atomic E-state index is -1.87. The van der Waals surface area contributed by atoms with Gasteiger partial charge < -0.3 is 79.9 Å². The third-order valence-electron chi connectivity index (χ3n) is 7.70. The van der Waals surface area contributed by atoms with Crippen molar-refractivity contribution >= 4 is 0 Å². The van der Waals surface area contributed by atoms with Crippen molar-refractivity contribution in [3.05, 3.63) is 41.5 Å². The molecule has 11 N–H and O–H groups in total. The Bertz CT molecular complexity index is 1270. The number of rotatable bonds is 7. The number of aliphatic hydroxyl groups excluding tert-OH is 8. The summed E-state index contributed by atoms with van der Waals surface area (Å²) in [6.07, 6.45) is -18.8. The molecule has 16 nitrogen and oxygen atoms in total. The number of aromatic hydroxyl groups is 3. The zero-order chi connectivity index (χ0) is 31.2. The van der Waals surface area contributed by atoms with Crippen molar-refractivity contribution in [1.29, 1.82) is 0 Å². The Kier molecular flexibility index (Phi) is 9.17. The number of hydrogen-bond donors (Lipinski definition) is 11. The number of hydrogen-bond acceptors (Lipinski definition) is 16. The highest BCUT2D eigenvalue weighted by atomic mass is 16.7. The van der Waals surface area contributed by atoms with Gasteiger partial charge in [0.2, 0.25) is 6.29 Å². The second-order valence-corrected chi connectivity index (χ2v) is 10.6. The Morgan fingerprint density at radius 1 is 0.721 bits per heavy atom. The van der Waals surface area contributed by atoms with Gasteiger partial charge in [0.15, 0.2) is 17.8 Å². The Morgan fingerprint density at radius 3 is 2.09 bits per heavy atom. The van der Waals surface area contributed by atoms with Crippen LogP contribution in [0.4, 0.5) is 0 Å². The first-order valence-electron chi connectivity index (χ1n) is 13.4. The Labute approximate surface area is 243 Å². The predicted molar refractivity (Wildman–Crippen MR) is 138 cm³/mol. The van der Waals surface area contributed by atoms with Gasteiger partial charge in [0, 0.05) is 24.1 Å². The van der Waals surface area contributed by atoms with Crippen molar-refractivity contribution < 1.29 is 79.9 Å². The van der Waals surface area contributed by atoms with Gasteiger partial charge in [-0.25, -0.2) is 0 Å². The van der Waals surface area contributed by atoms with Crippen LogP contribution in [0.2, 0.25) is 0 Å². The molecular formula is C27H34O16. The largest absolute Gasteiger partial charge is 0.508 e. The van der Waals surface area contributed by atoms with E-state index in [4.69, 9.17) is 23.7 Å². The van der Waals surface area contributed by atoms with Gasteiger partial charge in [-0.15, -0.1) is 0 Å². The SMILES string of the molecule is OC[C@H]1O[C@@H](O[C@H]2[C@H](O)[C@@H](O)[C@H](Oc3cc([C@H]4Oc5cc(O)cc(O)c5C[C@@H]4O)ccc3O)O[C@@H]2CO)[C@H](O)[C@@H](O)[C@@H]1O. The van der Waals surface area contributed by atoms with Crippen LogP contribution in [0.5, 0.6) is 28.7 Å². The molecule has 3 aliphatic heterocycles. The van der Waals surface area contributed by atoms with Gasteiger partial charge in [0.05, 0.1) is 19.3 Å². The summed E-state index contributed by atoms with van der Waals surface area (Å²) in [6, 6.07) is 6.32. The van der Waals surface area contributed by atoms with Gasteiger partial charge in [-0.3, -0.25) is 0 Å². The van der Waals surface area contributed by atoms with Gasteiger partial charge in [0.25, 0.3) is 0 Å². The molecular weight excluding hydrogens is 580 g/mol. The molecule has 0 saturated carbocycles. The smallest absolute Gasteiger partial charge is 0.229 e. The van der Waals surface area contributed by atoms with Crippen LogP contribution >= 0.6 is 0 Å². The summed E-state index contributed by atoms with van der Waals surface area (Å²) in [4.78, 5) is 0. The Balaban J connectivity index is 1.32. The van der Waals surface area contributed by atoms with Gasteiger partial charge in [-0.1, -0.05) is 6.07 Å². The minimum absolute atomic E-state index is 0.0200. The lowest BCUT2D eigenvalue weighted by molar-refractivity contribution is -0.352. The highest BCUT2D eigenvalue weighted by molar-refractivity contribution is 5.52. The summed E-state index contributed by atoms with van der Waals surface area (Å²) in [5.41, 5.74) is 0.585. The molecule has 5 rings (SSSR count). The van der Waals surface area contributed by atoms with E-state index in [0.717, 1.165) is 6.07 Å².